The molecule has 0 bridgehead atoms. The Kier molecular flexibility index (Phi) is 3.46. The van der Waals surface area contributed by atoms with Crippen LogP contribution < -0.4 is 11.5 Å². The summed E-state index contributed by atoms with van der Waals surface area (Å²) in [6, 6.07) is -0.741. The second-order valence-corrected chi connectivity index (χ2v) is 3.79. The largest absolute Gasteiger partial charge is 0.368 e. The number of nitrogens with zero attached hydrogens (tertiary/aromatic N) is 1. The van der Waals surface area contributed by atoms with Crippen molar-refractivity contribution in [3.8, 4) is 0 Å². The van der Waals surface area contributed by atoms with Gasteiger partial charge in [0.15, 0.2) is 0 Å². The molecule has 1 aliphatic heterocycles. The minimum absolute atomic E-state index is 0.0774. The number of carbonyl (C=O) groups is 2. The number of primary amides is 1. The molecule has 4 N–H and O–H groups in total. The van der Waals surface area contributed by atoms with Crippen molar-refractivity contribution < 1.29 is 9.59 Å². The summed E-state index contributed by atoms with van der Waals surface area (Å²) in [6.45, 7) is 3.01. The lowest BCUT2D eigenvalue weighted by molar-refractivity contribution is -0.128. The topological polar surface area (TPSA) is 89.4 Å². The van der Waals surface area contributed by atoms with Gasteiger partial charge in [0.05, 0.1) is 0 Å². The number of likely N-dealkylation sites (tertiary alicyclic amines) is 1. The van der Waals surface area contributed by atoms with Crippen LogP contribution in [0.15, 0.2) is 0 Å². The molecule has 0 aliphatic carbocycles. The molecule has 0 aromatic carbocycles. The number of amides is 2. The zero-order valence-corrected chi connectivity index (χ0v) is 8.40. The van der Waals surface area contributed by atoms with Crippen molar-refractivity contribution in [3.63, 3.8) is 0 Å². The van der Waals surface area contributed by atoms with Crippen LogP contribution in [-0.4, -0.2) is 35.8 Å². The standard InChI is InChI=1S/C9H17N3O2/c1-2-6-3-8(13)12(4-6)5-7(10)9(11)14/h6-7H,2-5,10H2,1H3,(H2,11,14). The number of carbonyl (C=O) groups excluding carboxylic acids is 2. The monoisotopic (exact) mass is 199 g/mol. The van der Waals surface area contributed by atoms with Gasteiger partial charge in [-0.25, -0.2) is 0 Å². The first-order chi connectivity index (χ1) is 6.54. The summed E-state index contributed by atoms with van der Waals surface area (Å²) in [6.07, 6.45) is 1.55. The zero-order valence-electron chi connectivity index (χ0n) is 8.40. The Labute approximate surface area is 83.4 Å². The molecule has 2 amide bonds. The van der Waals surface area contributed by atoms with Crippen LogP contribution in [0, 0.1) is 5.92 Å². The highest BCUT2D eigenvalue weighted by Crippen LogP contribution is 2.20. The van der Waals surface area contributed by atoms with E-state index >= 15 is 0 Å². The smallest absolute Gasteiger partial charge is 0.236 e. The molecular weight excluding hydrogens is 182 g/mol. The number of hydrogen-bond donors (Lipinski definition) is 2. The normalized spacial score (nSPS) is 24.0. The van der Waals surface area contributed by atoms with Crippen LogP contribution >= 0.6 is 0 Å². The third-order valence-electron chi connectivity index (χ3n) is 2.65. The molecule has 14 heavy (non-hydrogen) atoms. The van der Waals surface area contributed by atoms with Crippen molar-refractivity contribution in [1.29, 1.82) is 0 Å². The molecular formula is C9H17N3O2. The van der Waals surface area contributed by atoms with E-state index in [0.717, 1.165) is 6.42 Å². The van der Waals surface area contributed by atoms with Crippen LogP contribution in [0.1, 0.15) is 19.8 Å². The molecule has 2 unspecified atom stereocenters. The van der Waals surface area contributed by atoms with Gasteiger partial charge in [-0.15, -0.1) is 0 Å². The van der Waals surface area contributed by atoms with Crippen molar-refractivity contribution in [1.82, 2.24) is 4.90 Å². The van der Waals surface area contributed by atoms with Crippen LogP contribution in [0.4, 0.5) is 0 Å². The average Bonchev–Trinajstić information content (AvgIpc) is 2.47. The quantitative estimate of drug-likeness (QED) is 0.612. The van der Waals surface area contributed by atoms with Gasteiger partial charge in [0, 0.05) is 19.5 Å². The first-order valence-corrected chi connectivity index (χ1v) is 4.87. The summed E-state index contributed by atoms with van der Waals surface area (Å²) in [4.78, 5) is 23.8. The average molecular weight is 199 g/mol. The Balaban J connectivity index is 2.46. The fourth-order valence-electron chi connectivity index (χ4n) is 1.63. The van der Waals surface area contributed by atoms with E-state index in [0.29, 0.717) is 18.9 Å². The van der Waals surface area contributed by atoms with Crippen LogP contribution in [0.3, 0.4) is 0 Å². The van der Waals surface area contributed by atoms with E-state index in [4.69, 9.17) is 11.5 Å². The summed E-state index contributed by atoms with van der Waals surface area (Å²) in [5.41, 5.74) is 10.5. The van der Waals surface area contributed by atoms with Gasteiger partial charge < -0.3 is 16.4 Å². The van der Waals surface area contributed by atoms with Gasteiger partial charge >= 0.3 is 0 Å². The number of rotatable bonds is 4. The second-order valence-electron chi connectivity index (χ2n) is 3.79. The fraction of sp³-hybridized carbons (Fsp3) is 0.778. The highest BCUT2D eigenvalue weighted by atomic mass is 16.2. The molecule has 1 saturated heterocycles. The SMILES string of the molecule is CCC1CC(=O)N(CC(N)C(N)=O)C1. The van der Waals surface area contributed by atoms with Gasteiger partial charge in [0.1, 0.15) is 6.04 Å². The first-order valence-electron chi connectivity index (χ1n) is 4.87. The van der Waals surface area contributed by atoms with Crippen molar-refractivity contribution in [2.75, 3.05) is 13.1 Å². The minimum atomic E-state index is -0.741. The lowest BCUT2D eigenvalue weighted by Gasteiger charge is -2.19. The van der Waals surface area contributed by atoms with Crippen molar-refractivity contribution in [2.24, 2.45) is 17.4 Å². The minimum Gasteiger partial charge on any atom is -0.368 e. The highest BCUT2D eigenvalue weighted by molar-refractivity contribution is 5.82. The Morgan fingerprint density at radius 2 is 2.36 bits per heavy atom. The molecule has 1 heterocycles. The Hall–Kier alpha value is -1.10. The van der Waals surface area contributed by atoms with Gasteiger partial charge in [0.25, 0.3) is 0 Å². The molecule has 80 valence electrons. The van der Waals surface area contributed by atoms with Crippen molar-refractivity contribution in [3.05, 3.63) is 0 Å². The van der Waals surface area contributed by atoms with Crippen LogP contribution in [0.2, 0.25) is 0 Å². The Morgan fingerprint density at radius 1 is 1.71 bits per heavy atom. The van der Waals surface area contributed by atoms with Gasteiger partial charge in [-0.1, -0.05) is 13.3 Å². The molecule has 1 rings (SSSR count). The lowest BCUT2D eigenvalue weighted by atomic mass is 10.1. The molecule has 1 fully saturated rings. The highest BCUT2D eigenvalue weighted by Gasteiger charge is 2.29. The molecule has 5 nitrogen and oxygen atoms in total. The number of hydrogen-bond acceptors (Lipinski definition) is 3. The number of nitrogens with two attached hydrogens (primary N) is 2. The van der Waals surface area contributed by atoms with Crippen molar-refractivity contribution in [2.45, 2.75) is 25.8 Å². The van der Waals surface area contributed by atoms with Crippen molar-refractivity contribution >= 4 is 11.8 Å². The van der Waals surface area contributed by atoms with Crippen LogP contribution in [0.25, 0.3) is 0 Å². The maximum Gasteiger partial charge on any atom is 0.236 e. The Morgan fingerprint density at radius 3 is 2.79 bits per heavy atom. The summed E-state index contributed by atoms with van der Waals surface area (Å²) >= 11 is 0. The molecule has 0 radical (unpaired) electrons. The molecule has 0 aromatic heterocycles. The predicted octanol–water partition coefficient (Wildman–Crippen LogP) is -0.942. The van der Waals surface area contributed by atoms with E-state index < -0.39 is 11.9 Å². The second kappa shape index (κ2) is 4.41. The lowest BCUT2D eigenvalue weighted by Crippen LogP contribution is -2.46. The van der Waals surface area contributed by atoms with E-state index in [-0.39, 0.29) is 12.5 Å². The van der Waals surface area contributed by atoms with Gasteiger partial charge in [-0.3, -0.25) is 9.59 Å². The molecule has 5 heteroatoms. The van der Waals surface area contributed by atoms with E-state index in [1.165, 1.54) is 0 Å². The maximum absolute atomic E-state index is 11.4. The van der Waals surface area contributed by atoms with Gasteiger partial charge in [-0.2, -0.15) is 0 Å². The summed E-state index contributed by atoms with van der Waals surface area (Å²) < 4.78 is 0. The van der Waals surface area contributed by atoms with E-state index in [1.54, 1.807) is 4.90 Å². The Bertz CT molecular complexity index is 242. The molecule has 0 aromatic rings. The molecule has 1 aliphatic rings. The zero-order chi connectivity index (χ0) is 10.7. The van der Waals surface area contributed by atoms with Gasteiger partial charge in [0.2, 0.25) is 11.8 Å². The predicted molar refractivity (Wildman–Crippen MR) is 52.1 cm³/mol. The van der Waals surface area contributed by atoms with E-state index in [2.05, 4.69) is 6.92 Å². The maximum atomic E-state index is 11.4. The molecule has 0 spiro atoms. The van der Waals surface area contributed by atoms with E-state index in [9.17, 15) is 9.59 Å². The summed E-state index contributed by atoms with van der Waals surface area (Å²) in [7, 11) is 0. The van der Waals surface area contributed by atoms with Gasteiger partial charge in [-0.05, 0) is 5.92 Å². The molecule has 0 saturated carbocycles. The van der Waals surface area contributed by atoms with E-state index in [1.807, 2.05) is 0 Å². The summed E-state index contributed by atoms with van der Waals surface area (Å²) in [5.74, 6) is -0.0751. The first kappa shape index (κ1) is 11.0. The van der Waals surface area contributed by atoms with Crippen LogP contribution in [-0.2, 0) is 9.59 Å². The third-order valence-corrected chi connectivity index (χ3v) is 2.65. The molecule has 2 atom stereocenters. The summed E-state index contributed by atoms with van der Waals surface area (Å²) in [5, 5.41) is 0. The third kappa shape index (κ3) is 2.45. The van der Waals surface area contributed by atoms with Crippen LogP contribution in [0.5, 0.6) is 0 Å². The fourth-order valence-corrected chi connectivity index (χ4v) is 1.63.